The van der Waals surface area contributed by atoms with E-state index in [1.165, 1.54) is 6.33 Å². The smallest absolute Gasteiger partial charge is 0.306 e. The number of hydrogen-bond donors (Lipinski definition) is 0. The molecule has 0 atom stereocenters. The van der Waals surface area contributed by atoms with Gasteiger partial charge < -0.3 is 9.47 Å². The Morgan fingerprint density at radius 3 is 2.81 bits per heavy atom. The van der Waals surface area contributed by atoms with E-state index >= 15 is 0 Å². The lowest BCUT2D eigenvalue weighted by atomic mass is 10.1. The molecule has 7 nitrogen and oxygen atoms in total. The second kappa shape index (κ2) is 8.54. The van der Waals surface area contributed by atoms with Crippen LogP contribution in [-0.4, -0.2) is 38.8 Å². The number of benzene rings is 1. The average Bonchev–Trinajstić information content (AvgIpc) is 3.08. The first kappa shape index (κ1) is 19.4. The van der Waals surface area contributed by atoms with Gasteiger partial charge in [-0.1, -0.05) is 23.2 Å². The van der Waals surface area contributed by atoms with Gasteiger partial charge in [-0.2, -0.15) is 10.1 Å². The maximum atomic E-state index is 12.0. The first-order valence-electron chi connectivity index (χ1n) is 8.35. The van der Waals surface area contributed by atoms with Gasteiger partial charge in [0.1, 0.15) is 25.3 Å². The van der Waals surface area contributed by atoms with Crippen LogP contribution in [0.2, 0.25) is 10.0 Å². The third kappa shape index (κ3) is 4.67. The van der Waals surface area contributed by atoms with Crippen molar-refractivity contribution in [3.8, 4) is 5.75 Å². The molecule has 0 amide bonds. The number of nitrogens with zero attached hydrogens (tertiary/aromatic N) is 4. The Morgan fingerprint density at radius 2 is 2.04 bits per heavy atom. The van der Waals surface area contributed by atoms with Gasteiger partial charge in [-0.25, -0.2) is 9.50 Å². The Morgan fingerprint density at radius 1 is 1.22 bits per heavy atom. The first-order valence-corrected chi connectivity index (χ1v) is 9.10. The molecule has 3 rings (SSSR count). The van der Waals surface area contributed by atoms with Gasteiger partial charge in [0.15, 0.2) is 0 Å². The maximum absolute atomic E-state index is 12.0. The molecule has 0 spiro atoms. The molecule has 0 unspecified atom stereocenters. The summed E-state index contributed by atoms with van der Waals surface area (Å²) in [6, 6.07) is 4.94. The van der Waals surface area contributed by atoms with Crippen LogP contribution in [0.4, 0.5) is 0 Å². The van der Waals surface area contributed by atoms with Crippen LogP contribution in [0, 0.1) is 13.8 Å². The second-order valence-corrected chi connectivity index (χ2v) is 6.72. The Kier molecular flexibility index (Phi) is 6.13. The molecule has 0 aliphatic carbocycles. The van der Waals surface area contributed by atoms with E-state index in [0.29, 0.717) is 28.0 Å². The molecule has 0 radical (unpaired) electrons. The number of carbonyl (C=O) groups excluding carboxylic acids is 1. The van der Waals surface area contributed by atoms with E-state index in [1.54, 1.807) is 22.7 Å². The summed E-state index contributed by atoms with van der Waals surface area (Å²) in [5.41, 5.74) is 2.72. The van der Waals surface area contributed by atoms with Crippen LogP contribution < -0.4 is 4.74 Å². The van der Waals surface area contributed by atoms with Crippen molar-refractivity contribution < 1.29 is 14.3 Å². The molecule has 2 aromatic heterocycles. The van der Waals surface area contributed by atoms with Crippen molar-refractivity contribution in [2.24, 2.45) is 0 Å². The van der Waals surface area contributed by atoms with Crippen molar-refractivity contribution in [1.82, 2.24) is 19.6 Å². The van der Waals surface area contributed by atoms with Crippen LogP contribution in [0.1, 0.15) is 23.4 Å². The lowest BCUT2D eigenvalue weighted by Gasteiger charge is -2.11. The van der Waals surface area contributed by atoms with E-state index in [9.17, 15) is 4.79 Å². The number of fused-ring (bicyclic) bond motifs is 1. The van der Waals surface area contributed by atoms with Gasteiger partial charge in [-0.05, 0) is 44.0 Å². The molecule has 0 aliphatic heterocycles. The summed E-state index contributed by atoms with van der Waals surface area (Å²) >= 11 is 11.8. The summed E-state index contributed by atoms with van der Waals surface area (Å²) < 4.78 is 12.4. The van der Waals surface area contributed by atoms with E-state index in [-0.39, 0.29) is 25.6 Å². The molecule has 0 aliphatic rings. The predicted octanol–water partition coefficient (Wildman–Crippen LogP) is 3.60. The van der Waals surface area contributed by atoms with Gasteiger partial charge in [0.05, 0.1) is 5.02 Å². The van der Waals surface area contributed by atoms with Gasteiger partial charge in [-0.15, -0.1) is 0 Å². The van der Waals surface area contributed by atoms with Gasteiger partial charge >= 0.3 is 5.97 Å². The van der Waals surface area contributed by atoms with E-state index in [4.69, 9.17) is 32.7 Å². The minimum atomic E-state index is -0.307. The fourth-order valence-corrected chi connectivity index (χ4v) is 3.18. The zero-order valence-electron chi connectivity index (χ0n) is 14.9. The third-order valence-corrected chi connectivity index (χ3v) is 4.60. The number of aryl methyl sites for hydroxylation is 2. The largest absolute Gasteiger partial charge is 0.488 e. The summed E-state index contributed by atoms with van der Waals surface area (Å²) in [6.07, 6.45) is 2.22. The van der Waals surface area contributed by atoms with Crippen molar-refractivity contribution in [2.45, 2.75) is 26.7 Å². The number of esters is 1. The molecular formula is C18H18Cl2N4O3. The standard InChI is InChI=1S/C18H18Cl2N4O3/c1-11-14(12(2)24-18(23-11)21-10-22-24)4-6-17(25)27-8-7-26-16-5-3-13(19)9-15(16)20/h3,5,9-10H,4,6-8H2,1-2H3. The second-order valence-electron chi connectivity index (χ2n) is 5.88. The lowest BCUT2D eigenvalue weighted by Crippen LogP contribution is -2.14. The van der Waals surface area contributed by atoms with Crippen molar-refractivity contribution in [3.05, 3.63) is 51.5 Å². The molecule has 3 aromatic rings. The fraction of sp³-hybridized carbons (Fsp3) is 0.333. The van der Waals surface area contributed by atoms with Crippen LogP contribution >= 0.6 is 23.2 Å². The van der Waals surface area contributed by atoms with Gasteiger partial charge in [-0.3, -0.25) is 4.79 Å². The van der Waals surface area contributed by atoms with Crippen LogP contribution in [-0.2, 0) is 16.0 Å². The van der Waals surface area contributed by atoms with Crippen molar-refractivity contribution in [2.75, 3.05) is 13.2 Å². The fourth-order valence-electron chi connectivity index (χ4n) is 2.72. The quantitative estimate of drug-likeness (QED) is 0.438. The molecule has 142 valence electrons. The number of carbonyl (C=O) groups is 1. The Bertz CT molecular complexity index is 975. The number of rotatable bonds is 7. The number of aromatic nitrogens is 4. The Hall–Kier alpha value is -2.38. The van der Waals surface area contributed by atoms with E-state index < -0.39 is 0 Å². The average molecular weight is 409 g/mol. The Balaban J connectivity index is 1.47. The molecular weight excluding hydrogens is 391 g/mol. The summed E-state index contributed by atoms with van der Waals surface area (Å²) in [7, 11) is 0. The summed E-state index contributed by atoms with van der Waals surface area (Å²) in [5, 5.41) is 5.08. The highest BCUT2D eigenvalue weighted by Gasteiger charge is 2.13. The highest BCUT2D eigenvalue weighted by atomic mass is 35.5. The summed E-state index contributed by atoms with van der Waals surface area (Å²) in [4.78, 5) is 20.5. The molecule has 9 heteroatoms. The molecule has 0 bridgehead atoms. The van der Waals surface area contributed by atoms with Crippen molar-refractivity contribution in [3.63, 3.8) is 0 Å². The topological polar surface area (TPSA) is 78.6 Å². The van der Waals surface area contributed by atoms with Crippen LogP contribution in [0.15, 0.2) is 24.5 Å². The van der Waals surface area contributed by atoms with Crippen LogP contribution in [0.25, 0.3) is 5.78 Å². The zero-order chi connectivity index (χ0) is 19.4. The SMILES string of the molecule is Cc1nc2ncnn2c(C)c1CCC(=O)OCCOc1ccc(Cl)cc1Cl. The predicted molar refractivity (Wildman–Crippen MR) is 101 cm³/mol. The van der Waals surface area contributed by atoms with Gasteiger partial charge in [0.2, 0.25) is 0 Å². The van der Waals surface area contributed by atoms with Crippen LogP contribution in [0.5, 0.6) is 5.75 Å². The zero-order valence-corrected chi connectivity index (χ0v) is 16.4. The monoisotopic (exact) mass is 408 g/mol. The molecule has 0 saturated heterocycles. The van der Waals surface area contributed by atoms with Crippen molar-refractivity contribution in [1.29, 1.82) is 0 Å². The van der Waals surface area contributed by atoms with Gasteiger partial charge in [0, 0.05) is 22.8 Å². The number of halogens is 2. The number of ether oxygens (including phenoxy) is 2. The van der Waals surface area contributed by atoms with E-state index in [2.05, 4.69) is 15.1 Å². The normalized spacial score (nSPS) is 11.0. The molecule has 0 saturated carbocycles. The highest BCUT2D eigenvalue weighted by Crippen LogP contribution is 2.27. The van der Waals surface area contributed by atoms with Gasteiger partial charge in [0.25, 0.3) is 5.78 Å². The molecule has 27 heavy (non-hydrogen) atoms. The molecule has 0 fully saturated rings. The summed E-state index contributed by atoms with van der Waals surface area (Å²) in [6.45, 7) is 4.17. The van der Waals surface area contributed by atoms with Crippen LogP contribution in [0.3, 0.4) is 0 Å². The maximum Gasteiger partial charge on any atom is 0.306 e. The minimum Gasteiger partial charge on any atom is -0.488 e. The number of hydrogen-bond acceptors (Lipinski definition) is 6. The molecule has 2 heterocycles. The highest BCUT2D eigenvalue weighted by molar-refractivity contribution is 6.35. The lowest BCUT2D eigenvalue weighted by molar-refractivity contribution is -0.144. The van der Waals surface area contributed by atoms with E-state index in [0.717, 1.165) is 17.0 Å². The van der Waals surface area contributed by atoms with E-state index in [1.807, 2.05) is 13.8 Å². The Labute approximate surface area is 166 Å². The first-order chi connectivity index (χ1) is 13.0. The third-order valence-electron chi connectivity index (χ3n) is 4.07. The minimum absolute atomic E-state index is 0.135. The van der Waals surface area contributed by atoms with Crippen molar-refractivity contribution >= 4 is 34.9 Å². The summed E-state index contributed by atoms with van der Waals surface area (Å²) in [5.74, 6) is 0.739. The molecule has 0 N–H and O–H groups in total. The molecule has 1 aromatic carbocycles.